The first kappa shape index (κ1) is 17.9. The highest BCUT2D eigenvalue weighted by Crippen LogP contribution is 2.28. The van der Waals surface area contributed by atoms with E-state index in [0.717, 1.165) is 29.4 Å². The number of rotatable bonds is 3. The van der Waals surface area contributed by atoms with Gasteiger partial charge in [-0.15, -0.1) is 0 Å². The second kappa shape index (κ2) is 7.32. The number of carbonyl (C=O) groups is 1. The number of para-hydroxylation sites is 1. The zero-order chi connectivity index (χ0) is 19.8. The zero-order valence-corrected chi connectivity index (χ0v) is 15.7. The third-order valence-electron chi connectivity index (χ3n) is 5.55. The number of hydrogen-bond acceptors (Lipinski definition) is 6. The van der Waals surface area contributed by atoms with E-state index in [4.69, 9.17) is 14.7 Å². The van der Waals surface area contributed by atoms with Gasteiger partial charge in [0.1, 0.15) is 17.9 Å². The van der Waals surface area contributed by atoms with Crippen molar-refractivity contribution in [3.8, 4) is 11.8 Å². The number of benzene rings is 1. The molecule has 0 radical (unpaired) electrons. The van der Waals surface area contributed by atoms with E-state index in [2.05, 4.69) is 16.4 Å². The van der Waals surface area contributed by atoms with Crippen LogP contribution in [0.3, 0.4) is 0 Å². The van der Waals surface area contributed by atoms with Crippen LogP contribution in [0.25, 0.3) is 16.6 Å². The van der Waals surface area contributed by atoms with Crippen molar-refractivity contribution in [2.75, 3.05) is 13.2 Å². The highest BCUT2D eigenvalue weighted by atomic mass is 16.5. The summed E-state index contributed by atoms with van der Waals surface area (Å²) in [5.74, 6) is -0.319. The second-order valence-corrected chi connectivity index (χ2v) is 7.54. The quantitative estimate of drug-likeness (QED) is 0.694. The van der Waals surface area contributed by atoms with Gasteiger partial charge in [0, 0.05) is 48.4 Å². The fourth-order valence-corrected chi connectivity index (χ4v) is 4.28. The molecule has 7 heteroatoms. The molecule has 2 saturated heterocycles. The van der Waals surface area contributed by atoms with Crippen LogP contribution in [0.5, 0.6) is 0 Å². The van der Waals surface area contributed by atoms with Gasteiger partial charge < -0.3 is 19.4 Å². The normalized spacial score (nSPS) is 23.5. The SMILES string of the molecule is N#Cc1cc(-n2cc(C(=O)OC3C[C@H]4COC[C@@H](C3)N4)c3ccccc32)ccn1. The first-order valence-corrected chi connectivity index (χ1v) is 9.72. The largest absolute Gasteiger partial charge is 0.459 e. The fraction of sp³-hybridized carbons (Fsp3) is 0.318. The van der Waals surface area contributed by atoms with Crippen LogP contribution in [0.15, 0.2) is 48.8 Å². The molecule has 0 aliphatic carbocycles. The number of morpholine rings is 1. The summed E-state index contributed by atoms with van der Waals surface area (Å²) in [6.45, 7) is 1.32. The summed E-state index contributed by atoms with van der Waals surface area (Å²) in [6.07, 6.45) is 4.79. The average molecular weight is 388 g/mol. The maximum Gasteiger partial charge on any atom is 0.340 e. The topological polar surface area (TPSA) is 89.2 Å². The van der Waals surface area contributed by atoms with E-state index in [1.807, 2.05) is 34.9 Å². The first-order chi connectivity index (χ1) is 14.2. The van der Waals surface area contributed by atoms with Crippen LogP contribution in [0.2, 0.25) is 0 Å². The Balaban J connectivity index is 1.47. The number of hydrogen-bond donors (Lipinski definition) is 1. The van der Waals surface area contributed by atoms with Crippen LogP contribution >= 0.6 is 0 Å². The molecule has 3 aromatic rings. The minimum atomic E-state index is -0.319. The number of nitrogens with zero attached hydrogens (tertiary/aromatic N) is 3. The van der Waals surface area contributed by atoms with Gasteiger partial charge in [0.15, 0.2) is 0 Å². The number of carbonyl (C=O) groups excluding carboxylic acids is 1. The van der Waals surface area contributed by atoms with Crippen LogP contribution in [0, 0.1) is 11.3 Å². The number of fused-ring (bicyclic) bond motifs is 3. The molecule has 2 aliphatic heterocycles. The second-order valence-electron chi connectivity index (χ2n) is 7.54. The van der Waals surface area contributed by atoms with Crippen LogP contribution < -0.4 is 5.32 Å². The van der Waals surface area contributed by atoms with Crippen molar-refractivity contribution in [3.63, 3.8) is 0 Å². The smallest absolute Gasteiger partial charge is 0.340 e. The molecule has 2 bridgehead atoms. The van der Waals surface area contributed by atoms with Gasteiger partial charge in [-0.05, 0) is 18.2 Å². The van der Waals surface area contributed by atoms with Crippen LogP contribution in [0.1, 0.15) is 28.9 Å². The molecule has 2 aliphatic rings. The van der Waals surface area contributed by atoms with Crippen molar-refractivity contribution in [1.82, 2.24) is 14.9 Å². The van der Waals surface area contributed by atoms with Crippen LogP contribution in [-0.2, 0) is 9.47 Å². The molecule has 146 valence electrons. The van der Waals surface area contributed by atoms with Crippen LogP contribution in [-0.4, -0.2) is 46.9 Å². The van der Waals surface area contributed by atoms with Gasteiger partial charge in [0.05, 0.1) is 24.3 Å². The number of nitrogens with one attached hydrogen (secondary N) is 1. The lowest BCUT2D eigenvalue weighted by atomic mass is 9.94. The molecule has 2 aromatic heterocycles. The van der Waals surface area contributed by atoms with Crippen molar-refractivity contribution in [3.05, 3.63) is 60.0 Å². The fourth-order valence-electron chi connectivity index (χ4n) is 4.28. The van der Waals surface area contributed by atoms with Gasteiger partial charge in [0.25, 0.3) is 0 Å². The van der Waals surface area contributed by atoms with E-state index in [9.17, 15) is 4.79 Å². The Morgan fingerprint density at radius 2 is 2.03 bits per heavy atom. The third-order valence-corrected chi connectivity index (χ3v) is 5.55. The number of aromatic nitrogens is 2. The van der Waals surface area contributed by atoms with Gasteiger partial charge in [-0.1, -0.05) is 18.2 Å². The van der Waals surface area contributed by atoms with E-state index in [0.29, 0.717) is 24.5 Å². The zero-order valence-electron chi connectivity index (χ0n) is 15.7. The van der Waals surface area contributed by atoms with Gasteiger partial charge in [-0.25, -0.2) is 9.78 Å². The molecule has 0 amide bonds. The summed E-state index contributed by atoms with van der Waals surface area (Å²) in [7, 11) is 0. The van der Waals surface area contributed by atoms with E-state index in [-0.39, 0.29) is 24.2 Å². The number of piperidine rings is 1. The average Bonchev–Trinajstić information content (AvgIpc) is 3.13. The summed E-state index contributed by atoms with van der Waals surface area (Å²) in [4.78, 5) is 17.1. The molecule has 1 unspecified atom stereocenters. The molecule has 1 N–H and O–H groups in total. The van der Waals surface area contributed by atoms with Crippen molar-refractivity contribution in [1.29, 1.82) is 5.26 Å². The summed E-state index contributed by atoms with van der Waals surface area (Å²) in [5.41, 5.74) is 2.51. The van der Waals surface area contributed by atoms with E-state index in [1.54, 1.807) is 18.5 Å². The lowest BCUT2D eigenvalue weighted by Gasteiger charge is -2.39. The lowest BCUT2D eigenvalue weighted by molar-refractivity contribution is -0.0339. The predicted octanol–water partition coefficient (Wildman–Crippen LogP) is 2.57. The molecule has 5 rings (SSSR count). The van der Waals surface area contributed by atoms with Gasteiger partial charge in [0.2, 0.25) is 0 Å². The number of ether oxygens (including phenoxy) is 2. The van der Waals surface area contributed by atoms with E-state index < -0.39 is 0 Å². The number of pyridine rings is 1. The Labute approximate surface area is 167 Å². The lowest BCUT2D eigenvalue weighted by Crippen LogP contribution is -2.56. The highest BCUT2D eigenvalue weighted by molar-refractivity contribution is 6.05. The molecular weight excluding hydrogens is 368 g/mol. The van der Waals surface area contributed by atoms with Gasteiger partial charge >= 0.3 is 5.97 Å². The Morgan fingerprint density at radius 3 is 2.83 bits per heavy atom. The summed E-state index contributed by atoms with van der Waals surface area (Å²) in [5, 5.41) is 13.5. The molecule has 0 saturated carbocycles. The van der Waals surface area contributed by atoms with Gasteiger partial charge in [-0.3, -0.25) is 0 Å². The predicted molar refractivity (Wildman–Crippen MR) is 106 cm³/mol. The third kappa shape index (κ3) is 3.37. The summed E-state index contributed by atoms with van der Waals surface area (Å²) < 4.78 is 13.4. The summed E-state index contributed by atoms with van der Waals surface area (Å²) >= 11 is 0. The maximum absolute atomic E-state index is 13.1. The number of esters is 1. The molecule has 4 heterocycles. The molecule has 1 aromatic carbocycles. The minimum Gasteiger partial charge on any atom is -0.459 e. The maximum atomic E-state index is 13.1. The number of nitriles is 1. The molecule has 3 atom stereocenters. The Kier molecular flexibility index (Phi) is 4.51. The molecule has 2 fully saturated rings. The van der Waals surface area contributed by atoms with Crippen molar-refractivity contribution >= 4 is 16.9 Å². The molecular formula is C22H20N4O3. The molecule has 7 nitrogen and oxygen atoms in total. The highest BCUT2D eigenvalue weighted by Gasteiger charge is 2.34. The monoisotopic (exact) mass is 388 g/mol. The van der Waals surface area contributed by atoms with Crippen molar-refractivity contribution < 1.29 is 14.3 Å². The molecule has 0 spiro atoms. The van der Waals surface area contributed by atoms with Crippen molar-refractivity contribution in [2.45, 2.75) is 31.0 Å². The summed E-state index contributed by atoms with van der Waals surface area (Å²) in [6, 6.07) is 13.7. The minimum absolute atomic E-state index is 0.115. The van der Waals surface area contributed by atoms with E-state index >= 15 is 0 Å². The Hall–Kier alpha value is -3.21. The molecule has 29 heavy (non-hydrogen) atoms. The first-order valence-electron chi connectivity index (χ1n) is 9.72. The Morgan fingerprint density at radius 1 is 1.24 bits per heavy atom. The Bertz CT molecular complexity index is 1100. The van der Waals surface area contributed by atoms with Gasteiger partial charge in [-0.2, -0.15) is 5.26 Å². The standard InChI is InChI=1S/C22H20N4O3/c23-10-14-7-17(5-6-24-14)26-11-20(19-3-1-2-4-21(19)26)22(27)29-18-8-15-12-28-13-16(9-18)25-15/h1-7,11,15-16,18,25H,8-9,12-13H2/t15-,16+,18?. The van der Waals surface area contributed by atoms with E-state index in [1.165, 1.54) is 0 Å². The van der Waals surface area contributed by atoms with Crippen LogP contribution in [0.4, 0.5) is 0 Å². The van der Waals surface area contributed by atoms with Crippen molar-refractivity contribution in [2.24, 2.45) is 0 Å².